The molecule has 1 atom stereocenters. The van der Waals surface area contributed by atoms with Gasteiger partial charge in [-0.05, 0) is 36.8 Å². The molecule has 2 aromatic rings. The molecule has 0 radical (unpaired) electrons. The van der Waals surface area contributed by atoms with E-state index in [9.17, 15) is 14.0 Å². The van der Waals surface area contributed by atoms with Gasteiger partial charge in [0.05, 0.1) is 18.8 Å². The number of amides is 2. The van der Waals surface area contributed by atoms with Gasteiger partial charge >= 0.3 is 0 Å². The smallest absolute Gasteiger partial charge is 0.262 e. The normalized spacial score (nSPS) is 15.4. The van der Waals surface area contributed by atoms with Crippen LogP contribution in [0.25, 0.3) is 0 Å². The van der Waals surface area contributed by atoms with E-state index >= 15 is 0 Å². The SMILES string of the molecule is CCCNC(=O)C1CN(CC(=O)Nc2cc(F)cc(Cl)c2)c2ccccc2O1. The predicted octanol–water partition coefficient (Wildman–Crippen LogP) is 3.21. The van der Waals surface area contributed by atoms with E-state index in [4.69, 9.17) is 16.3 Å². The molecular weight excluding hydrogens is 385 g/mol. The van der Waals surface area contributed by atoms with E-state index in [0.29, 0.717) is 12.3 Å². The number of para-hydroxylation sites is 2. The first-order valence-electron chi connectivity index (χ1n) is 9.00. The Kier molecular flexibility index (Phi) is 6.36. The fraction of sp³-hybridized carbons (Fsp3) is 0.300. The van der Waals surface area contributed by atoms with Crippen LogP contribution in [0.4, 0.5) is 15.8 Å². The van der Waals surface area contributed by atoms with Crippen LogP contribution in [0.1, 0.15) is 13.3 Å². The molecule has 0 aliphatic carbocycles. The molecule has 2 N–H and O–H groups in total. The highest BCUT2D eigenvalue weighted by molar-refractivity contribution is 6.30. The molecule has 0 bridgehead atoms. The Morgan fingerprint density at radius 2 is 2.07 bits per heavy atom. The van der Waals surface area contributed by atoms with Crippen LogP contribution in [0.5, 0.6) is 5.75 Å². The van der Waals surface area contributed by atoms with E-state index in [1.54, 1.807) is 17.0 Å². The largest absolute Gasteiger partial charge is 0.477 e. The van der Waals surface area contributed by atoms with Crippen molar-refractivity contribution in [3.8, 4) is 5.75 Å². The second-order valence-electron chi connectivity index (χ2n) is 6.45. The summed E-state index contributed by atoms with van der Waals surface area (Å²) in [5.41, 5.74) is 0.989. The monoisotopic (exact) mass is 405 g/mol. The summed E-state index contributed by atoms with van der Waals surface area (Å²) in [7, 11) is 0. The highest BCUT2D eigenvalue weighted by Crippen LogP contribution is 2.33. The Labute approximate surface area is 167 Å². The van der Waals surface area contributed by atoms with Gasteiger partial charge in [-0.3, -0.25) is 9.59 Å². The number of ether oxygens (including phenoxy) is 1. The van der Waals surface area contributed by atoms with Crippen molar-refractivity contribution < 1.29 is 18.7 Å². The summed E-state index contributed by atoms with van der Waals surface area (Å²) in [4.78, 5) is 26.6. The van der Waals surface area contributed by atoms with Crippen molar-refractivity contribution in [2.24, 2.45) is 0 Å². The molecule has 0 saturated heterocycles. The van der Waals surface area contributed by atoms with Crippen molar-refractivity contribution in [1.29, 1.82) is 0 Å². The summed E-state index contributed by atoms with van der Waals surface area (Å²) in [6.45, 7) is 2.73. The molecule has 28 heavy (non-hydrogen) atoms. The Morgan fingerprint density at radius 1 is 1.29 bits per heavy atom. The molecule has 1 unspecified atom stereocenters. The summed E-state index contributed by atoms with van der Waals surface area (Å²) < 4.78 is 19.3. The Balaban J connectivity index is 1.73. The van der Waals surface area contributed by atoms with Gasteiger partial charge in [0, 0.05) is 17.3 Å². The molecule has 0 fully saturated rings. The highest BCUT2D eigenvalue weighted by atomic mass is 35.5. The van der Waals surface area contributed by atoms with E-state index in [1.165, 1.54) is 12.1 Å². The van der Waals surface area contributed by atoms with Gasteiger partial charge in [0.25, 0.3) is 5.91 Å². The molecule has 3 rings (SSSR count). The maximum absolute atomic E-state index is 13.5. The maximum Gasteiger partial charge on any atom is 0.262 e. The lowest BCUT2D eigenvalue weighted by Crippen LogP contribution is -2.50. The molecule has 1 aliphatic heterocycles. The topological polar surface area (TPSA) is 70.7 Å². The minimum Gasteiger partial charge on any atom is -0.477 e. The quantitative estimate of drug-likeness (QED) is 0.774. The fourth-order valence-corrected chi connectivity index (χ4v) is 3.18. The van der Waals surface area contributed by atoms with Crippen molar-refractivity contribution >= 4 is 34.8 Å². The molecular formula is C20H21ClFN3O3. The van der Waals surface area contributed by atoms with Crippen molar-refractivity contribution in [1.82, 2.24) is 5.32 Å². The van der Waals surface area contributed by atoms with Crippen LogP contribution in [0.3, 0.4) is 0 Å². The number of nitrogens with zero attached hydrogens (tertiary/aromatic N) is 1. The number of carbonyl (C=O) groups is 2. The molecule has 0 aromatic heterocycles. The third kappa shape index (κ3) is 4.92. The first kappa shape index (κ1) is 19.9. The van der Waals surface area contributed by atoms with Gasteiger partial charge in [-0.1, -0.05) is 30.7 Å². The molecule has 0 spiro atoms. The number of rotatable bonds is 6. The molecule has 148 valence electrons. The standard InChI is InChI=1S/C20H21ClFN3O3/c1-2-7-23-20(27)18-11-25(16-5-3-4-6-17(16)28-18)12-19(26)24-15-9-13(21)8-14(22)10-15/h3-6,8-10,18H,2,7,11-12H2,1H3,(H,23,27)(H,24,26). The Bertz CT molecular complexity index is 857. The molecule has 8 heteroatoms. The van der Waals surface area contributed by atoms with E-state index in [0.717, 1.165) is 18.2 Å². The van der Waals surface area contributed by atoms with Gasteiger partial charge in [0.15, 0.2) is 6.10 Å². The number of carbonyl (C=O) groups excluding carboxylic acids is 2. The van der Waals surface area contributed by atoms with E-state index in [2.05, 4.69) is 10.6 Å². The number of benzene rings is 2. The van der Waals surface area contributed by atoms with Crippen molar-refractivity contribution in [3.05, 3.63) is 53.3 Å². The zero-order chi connectivity index (χ0) is 20.1. The molecule has 6 nitrogen and oxygen atoms in total. The maximum atomic E-state index is 13.5. The van der Waals surface area contributed by atoms with Crippen LogP contribution in [0.15, 0.2) is 42.5 Å². The first-order chi connectivity index (χ1) is 13.5. The van der Waals surface area contributed by atoms with Gasteiger partial charge < -0.3 is 20.3 Å². The molecule has 1 aliphatic rings. The zero-order valence-corrected chi connectivity index (χ0v) is 16.1. The minimum absolute atomic E-state index is 0.0218. The Morgan fingerprint density at radius 3 is 2.82 bits per heavy atom. The summed E-state index contributed by atoms with van der Waals surface area (Å²) in [5, 5.41) is 5.64. The average Bonchev–Trinajstić information content (AvgIpc) is 2.65. The second-order valence-corrected chi connectivity index (χ2v) is 6.89. The van der Waals surface area contributed by atoms with Gasteiger partial charge in [-0.15, -0.1) is 0 Å². The third-order valence-corrected chi connectivity index (χ3v) is 4.40. The average molecular weight is 406 g/mol. The Hall–Kier alpha value is -2.80. The predicted molar refractivity (Wildman–Crippen MR) is 106 cm³/mol. The minimum atomic E-state index is -0.724. The van der Waals surface area contributed by atoms with Crippen LogP contribution in [0, 0.1) is 5.82 Å². The van der Waals surface area contributed by atoms with E-state index in [1.807, 2.05) is 19.1 Å². The molecule has 0 saturated carbocycles. The van der Waals surface area contributed by atoms with Crippen molar-refractivity contribution in [3.63, 3.8) is 0 Å². The lowest BCUT2D eigenvalue weighted by Gasteiger charge is -2.35. The van der Waals surface area contributed by atoms with Gasteiger partial charge in [0.2, 0.25) is 5.91 Å². The van der Waals surface area contributed by atoms with Crippen LogP contribution in [-0.4, -0.2) is 37.6 Å². The number of hydrogen-bond donors (Lipinski definition) is 2. The van der Waals surface area contributed by atoms with E-state index < -0.39 is 11.9 Å². The molecule has 1 heterocycles. The number of hydrogen-bond acceptors (Lipinski definition) is 4. The van der Waals surface area contributed by atoms with Crippen LogP contribution in [0.2, 0.25) is 5.02 Å². The fourth-order valence-electron chi connectivity index (χ4n) is 2.96. The van der Waals surface area contributed by atoms with Crippen LogP contribution < -0.4 is 20.3 Å². The first-order valence-corrected chi connectivity index (χ1v) is 9.38. The van der Waals surface area contributed by atoms with Gasteiger partial charge in [-0.25, -0.2) is 4.39 Å². The second kappa shape index (κ2) is 8.93. The number of nitrogens with one attached hydrogen (secondary N) is 2. The number of halogens is 2. The molecule has 2 aromatic carbocycles. The summed E-state index contributed by atoms with van der Waals surface area (Å²) in [6.07, 6.45) is 0.0926. The lowest BCUT2D eigenvalue weighted by molar-refractivity contribution is -0.128. The molecule has 2 amide bonds. The lowest BCUT2D eigenvalue weighted by atomic mass is 10.1. The van der Waals surface area contributed by atoms with Crippen molar-refractivity contribution in [2.75, 3.05) is 29.9 Å². The number of anilines is 2. The number of fused-ring (bicyclic) bond motifs is 1. The summed E-state index contributed by atoms with van der Waals surface area (Å²) >= 11 is 5.83. The summed E-state index contributed by atoms with van der Waals surface area (Å²) in [5.74, 6) is -0.580. The van der Waals surface area contributed by atoms with Crippen LogP contribution >= 0.6 is 11.6 Å². The summed E-state index contributed by atoms with van der Waals surface area (Å²) in [6, 6.07) is 11.0. The van der Waals surface area contributed by atoms with Crippen LogP contribution in [-0.2, 0) is 9.59 Å². The van der Waals surface area contributed by atoms with Gasteiger partial charge in [-0.2, -0.15) is 0 Å². The third-order valence-electron chi connectivity index (χ3n) is 4.18. The van der Waals surface area contributed by atoms with Gasteiger partial charge in [0.1, 0.15) is 11.6 Å². The van der Waals surface area contributed by atoms with Crippen molar-refractivity contribution in [2.45, 2.75) is 19.4 Å². The van der Waals surface area contributed by atoms with E-state index in [-0.39, 0.29) is 35.6 Å². The highest BCUT2D eigenvalue weighted by Gasteiger charge is 2.31. The zero-order valence-electron chi connectivity index (χ0n) is 15.4.